The van der Waals surface area contributed by atoms with Gasteiger partial charge in [-0.25, -0.2) is 8.42 Å². The van der Waals surface area contributed by atoms with Crippen LogP contribution in [0.15, 0.2) is 24.3 Å². The van der Waals surface area contributed by atoms with Crippen LogP contribution in [0.25, 0.3) is 0 Å². The van der Waals surface area contributed by atoms with Crippen LogP contribution in [-0.2, 0) is 21.1 Å². The first-order chi connectivity index (χ1) is 11.0. The van der Waals surface area contributed by atoms with Crippen LogP contribution < -0.4 is 10.2 Å². The van der Waals surface area contributed by atoms with Gasteiger partial charge in [0.2, 0.25) is 5.91 Å². The molecule has 23 heavy (non-hydrogen) atoms. The molecule has 2 heterocycles. The number of hydrogen-bond acceptors (Lipinski definition) is 4. The Hall–Kier alpha value is -1.56. The van der Waals surface area contributed by atoms with E-state index in [2.05, 4.69) is 34.5 Å². The third kappa shape index (κ3) is 4.47. The number of nitrogens with zero attached hydrogens (tertiary/aromatic N) is 1. The Morgan fingerprint density at radius 1 is 1.17 bits per heavy atom. The van der Waals surface area contributed by atoms with Gasteiger partial charge < -0.3 is 10.2 Å². The minimum Gasteiger partial charge on any atom is -0.372 e. The van der Waals surface area contributed by atoms with E-state index in [0.29, 0.717) is 19.3 Å². The highest BCUT2D eigenvalue weighted by Crippen LogP contribution is 2.20. The lowest BCUT2D eigenvalue weighted by Gasteiger charge is -2.17. The number of aryl methyl sites for hydroxylation is 1. The fourth-order valence-corrected chi connectivity index (χ4v) is 4.99. The lowest BCUT2D eigenvalue weighted by atomic mass is 10.1. The highest BCUT2D eigenvalue weighted by molar-refractivity contribution is 7.91. The van der Waals surface area contributed by atoms with Crippen molar-refractivity contribution < 1.29 is 13.2 Å². The van der Waals surface area contributed by atoms with E-state index in [1.165, 1.54) is 18.5 Å². The van der Waals surface area contributed by atoms with Gasteiger partial charge in [-0.3, -0.25) is 4.79 Å². The summed E-state index contributed by atoms with van der Waals surface area (Å²) in [6.07, 6.45) is 4.15. The molecular weight excluding hydrogens is 312 g/mol. The molecule has 0 saturated carbocycles. The average molecular weight is 336 g/mol. The van der Waals surface area contributed by atoms with Crippen LogP contribution >= 0.6 is 0 Å². The van der Waals surface area contributed by atoms with E-state index in [1.807, 2.05) is 0 Å². The molecule has 2 saturated heterocycles. The molecule has 1 N–H and O–H groups in total. The Labute approximate surface area is 138 Å². The first kappa shape index (κ1) is 16.3. The monoisotopic (exact) mass is 336 g/mol. The highest BCUT2D eigenvalue weighted by atomic mass is 32.2. The van der Waals surface area contributed by atoms with E-state index in [0.717, 1.165) is 18.7 Å². The number of amides is 1. The fourth-order valence-electron chi connectivity index (χ4n) is 3.32. The van der Waals surface area contributed by atoms with Crippen molar-refractivity contribution in [1.82, 2.24) is 5.32 Å². The molecule has 0 aromatic heterocycles. The van der Waals surface area contributed by atoms with E-state index in [9.17, 15) is 13.2 Å². The summed E-state index contributed by atoms with van der Waals surface area (Å²) >= 11 is 0. The summed E-state index contributed by atoms with van der Waals surface area (Å²) in [6, 6.07) is 8.22. The number of rotatable bonds is 5. The zero-order chi connectivity index (χ0) is 16.3. The third-order valence-corrected chi connectivity index (χ3v) is 6.41. The molecule has 126 valence electrons. The van der Waals surface area contributed by atoms with Gasteiger partial charge in [-0.2, -0.15) is 0 Å². The van der Waals surface area contributed by atoms with Crippen LogP contribution in [0.5, 0.6) is 0 Å². The molecule has 0 radical (unpaired) electrons. The number of carbonyl (C=O) groups is 1. The molecule has 0 bridgehead atoms. The normalized spacial score (nSPS) is 23.1. The number of benzene rings is 1. The predicted octanol–water partition coefficient (Wildman–Crippen LogP) is 1.52. The zero-order valence-corrected chi connectivity index (χ0v) is 14.1. The minimum atomic E-state index is -2.94. The van der Waals surface area contributed by atoms with Gasteiger partial charge in [0.25, 0.3) is 0 Å². The van der Waals surface area contributed by atoms with E-state index in [4.69, 9.17) is 0 Å². The van der Waals surface area contributed by atoms with E-state index >= 15 is 0 Å². The van der Waals surface area contributed by atoms with Crippen molar-refractivity contribution >= 4 is 21.4 Å². The summed E-state index contributed by atoms with van der Waals surface area (Å²) in [7, 11) is -2.94. The molecule has 1 unspecified atom stereocenters. The SMILES string of the molecule is O=C(CCc1ccc(N2CCCC2)cc1)NC1CCS(=O)(=O)C1. The van der Waals surface area contributed by atoms with Crippen LogP contribution in [-0.4, -0.2) is 45.0 Å². The minimum absolute atomic E-state index is 0.0595. The molecule has 1 atom stereocenters. The lowest BCUT2D eigenvalue weighted by Crippen LogP contribution is -2.35. The summed E-state index contributed by atoms with van der Waals surface area (Å²) in [5.74, 6) is 0.217. The molecule has 1 aromatic rings. The first-order valence-corrected chi connectivity index (χ1v) is 10.2. The second kappa shape index (κ2) is 6.91. The zero-order valence-electron chi connectivity index (χ0n) is 13.3. The summed E-state index contributed by atoms with van der Waals surface area (Å²) < 4.78 is 22.8. The Morgan fingerprint density at radius 2 is 1.87 bits per heavy atom. The second-order valence-corrected chi connectivity index (χ2v) is 8.76. The lowest BCUT2D eigenvalue weighted by molar-refractivity contribution is -0.121. The van der Waals surface area contributed by atoms with Gasteiger partial charge >= 0.3 is 0 Å². The van der Waals surface area contributed by atoms with Crippen LogP contribution in [0, 0.1) is 0 Å². The van der Waals surface area contributed by atoms with Crippen molar-refractivity contribution in [2.45, 2.75) is 38.1 Å². The molecule has 1 aromatic carbocycles. The highest BCUT2D eigenvalue weighted by Gasteiger charge is 2.28. The molecule has 2 aliphatic rings. The van der Waals surface area contributed by atoms with Gasteiger partial charge in [-0.15, -0.1) is 0 Å². The van der Waals surface area contributed by atoms with Gasteiger partial charge in [0.05, 0.1) is 11.5 Å². The topological polar surface area (TPSA) is 66.5 Å². The Bertz CT molecular complexity index is 649. The van der Waals surface area contributed by atoms with Crippen LogP contribution in [0.2, 0.25) is 0 Å². The number of anilines is 1. The average Bonchev–Trinajstić information content (AvgIpc) is 3.15. The molecule has 2 aliphatic heterocycles. The molecular formula is C17H24N2O3S. The van der Waals surface area contributed by atoms with Crippen molar-refractivity contribution in [3.63, 3.8) is 0 Å². The van der Waals surface area contributed by atoms with E-state index < -0.39 is 9.84 Å². The molecule has 0 spiro atoms. The van der Waals surface area contributed by atoms with Crippen LogP contribution in [0.3, 0.4) is 0 Å². The first-order valence-electron chi connectivity index (χ1n) is 8.35. The van der Waals surface area contributed by atoms with Crippen LogP contribution in [0.1, 0.15) is 31.2 Å². The van der Waals surface area contributed by atoms with Crippen molar-refractivity contribution in [3.05, 3.63) is 29.8 Å². The van der Waals surface area contributed by atoms with Gasteiger partial charge in [-0.05, 0) is 43.4 Å². The maximum Gasteiger partial charge on any atom is 0.220 e. The molecule has 3 rings (SSSR count). The Morgan fingerprint density at radius 3 is 2.48 bits per heavy atom. The predicted molar refractivity (Wildman–Crippen MR) is 91.4 cm³/mol. The Kier molecular flexibility index (Phi) is 4.90. The number of hydrogen-bond donors (Lipinski definition) is 1. The molecule has 0 aliphatic carbocycles. The smallest absolute Gasteiger partial charge is 0.220 e. The van der Waals surface area contributed by atoms with E-state index in [1.54, 1.807) is 0 Å². The van der Waals surface area contributed by atoms with Crippen molar-refractivity contribution in [2.24, 2.45) is 0 Å². The van der Waals surface area contributed by atoms with Gasteiger partial charge in [0.1, 0.15) is 0 Å². The maximum atomic E-state index is 11.9. The fraction of sp³-hybridized carbons (Fsp3) is 0.588. The maximum absolute atomic E-state index is 11.9. The number of nitrogens with one attached hydrogen (secondary N) is 1. The Balaban J connectivity index is 1.45. The van der Waals surface area contributed by atoms with E-state index in [-0.39, 0.29) is 23.5 Å². The summed E-state index contributed by atoms with van der Waals surface area (Å²) in [6.45, 7) is 2.26. The molecule has 5 nitrogen and oxygen atoms in total. The van der Waals surface area contributed by atoms with Gasteiger partial charge in [-0.1, -0.05) is 12.1 Å². The van der Waals surface area contributed by atoms with Crippen molar-refractivity contribution in [1.29, 1.82) is 0 Å². The standard InChI is InChI=1S/C17H24N2O3S/c20-17(18-15-9-12-23(21,22)13-15)8-5-14-3-6-16(7-4-14)19-10-1-2-11-19/h3-4,6-7,15H,1-2,5,8-13H2,(H,18,20). The molecule has 1 amide bonds. The van der Waals surface area contributed by atoms with Crippen molar-refractivity contribution in [3.8, 4) is 0 Å². The largest absolute Gasteiger partial charge is 0.372 e. The summed E-state index contributed by atoms with van der Waals surface area (Å²) in [4.78, 5) is 14.3. The van der Waals surface area contributed by atoms with Gasteiger partial charge in [0.15, 0.2) is 9.84 Å². The number of sulfone groups is 1. The third-order valence-electron chi connectivity index (χ3n) is 4.65. The van der Waals surface area contributed by atoms with Gasteiger partial charge in [0, 0.05) is 31.2 Å². The number of carbonyl (C=O) groups excluding carboxylic acids is 1. The molecule has 6 heteroatoms. The van der Waals surface area contributed by atoms with Crippen molar-refractivity contribution in [2.75, 3.05) is 29.5 Å². The quantitative estimate of drug-likeness (QED) is 0.885. The van der Waals surface area contributed by atoms with Crippen LogP contribution in [0.4, 0.5) is 5.69 Å². The second-order valence-electron chi connectivity index (χ2n) is 6.53. The summed E-state index contributed by atoms with van der Waals surface area (Å²) in [5.41, 5.74) is 2.40. The molecule has 2 fully saturated rings. The summed E-state index contributed by atoms with van der Waals surface area (Å²) in [5, 5.41) is 2.83.